The first-order valence-electron chi connectivity index (χ1n) is 10.1. The number of quaternary nitrogens is 1. The van der Waals surface area contributed by atoms with E-state index in [-0.39, 0.29) is 5.91 Å². The van der Waals surface area contributed by atoms with Crippen LogP contribution in [-0.4, -0.2) is 43.7 Å². The second-order valence-corrected chi connectivity index (χ2v) is 8.71. The van der Waals surface area contributed by atoms with Crippen LogP contribution in [0, 0.1) is 0 Å². The Morgan fingerprint density at radius 2 is 2.03 bits per heavy atom. The summed E-state index contributed by atoms with van der Waals surface area (Å²) >= 11 is 1.79. The summed E-state index contributed by atoms with van der Waals surface area (Å²) in [7, 11) is 0. The molecule has 0 aliphatic carbocycles. The van der Waals surface area contributed by atoms with Crippen LogP contribution in [0.1, 0.15) is 23.8 Å². The topological polar surface area (TPSA) is 64.9 Å². The molecule has 5 rings (SSSR count). The number of carbonyl (C=O) groups excluding carboxylic acids is 1. The molecule has 0 bridgehead atoms. The van der Waals surface area contributed by atoms with E-state index < -0.39 is 0 Å². The quantitative estimate of drug-likeness (QED) is 0.694. The standard InChI is InChI=1S/C22H23N3O3S/c26-21(23-16-7-8-18-19(12-16)28-11-10-27-18)14-25-9-3-4-15(13-25)22-24-17-5-1-2-6-20(17)29-22/h1-2,5-8,12,15H,3-4,9-11,13-14H2,(H,23,26)/p+1/t15-/m1/s1. The lowest BCUT2D eigenvalue weighted by Gasteiger charge is -2.28. The first kappa shape index (κ1) is 18.4. The van der Waals surface area contributed by atoms with Gasteiger partial charge in [0.05, 0.1) is 29.2 Å². The third kappa shape index (κ3) is 4.06. The molecule has 1 saturated heterocycles. The van der Waals surface area contributed by atoms with Gasteiger partial charge in [0, 0.05) is 11.8 Å². The zero-order valence-corrected chi connectivity index (χ0v) is 17.0. The largest absolute Gasteiger partial charge is 0.486 e. The summed E-state index contributed by atoms with van der Waals surface area (Å²) in [5.41, 5.74) is 1.83. The highest BCUT2D eigenvalue weighted by atomic mass is 32.1. The summed E-state index contributed by atoms with van der Waals surface area (Å²) in [5, 5.41) is 4.21. The molecule has 2 aliphatic rings. The van der Waals surface area contributed by atoms with Crippen LogP contribution >= 0.6 is 11.3 Å². The van der Waals surface area contributed by atoms with Crippen molar-refractivity contribution in [3.8, 4) is 11.5 Å². The number of para-hydroxylation sites is 1. The number of thiazole rings is 1. The van der Waals surface area contributed by atoms with Crippen LogP contribution in [0.15, 0.2) is 42.5 Å². The molecule has 3 heterocycles. The smallest absolute Gasteiger partial charge is 0.279 e. The summed E-state index contributed by atoms with van der Waals surface area (Å²) in [6, 6.07) is 13.8. The van der Waals surface area contributed by atoms with E-state index in [0.717, 1.165) is 42.9 Å². The SMILES string of the molecule is O=C(C[NH+]1CCC[C@@H](c2nc3ccccc3s2)C1)Nc1ccc2c(c1)OCCO2. The molecule has 0 radical (unpaired) electrons. The van der Waals surface area contributed by atoms with E-state index in [1.54, 1.807) is 11.3 Å². The van der Waals surface area contributed by atoms with Gasteiger partial charge in [0.2, 0.25) is 0 Å². The number of piperidine rings is 1. The monoisotopic (exact) mass is 410 g/mol. The third-order valence-electron chi connectivity index (χ3n) is 5.51. The van der Waals surface area contributed by atoms with E-state index in [1.807, 2.05) is 24.3 Å². The highest BCUT2D eigenvalue weighted by Crippen LogP contribution is 2.32. The van der Waals surface area contributed by atoms with Crippen molar-refractivity contribution in [3.63, 3.8) is 0 Å². The van der Waals surface area contributed by atoms with Crippen LogP contribution < -0.4 is 19.7 Å². The summed E-state index contributed by atoms with van der Waals surface area (Å²) in [6.45, 7) is 3.54. The van der Waals surface area contributed by atoms with Gasteiger partial charge in [0.15, 0.2) is 18.0 Å². The number of likely N-dealkylation sites (tertiary alicyclic amines) is 1. The first-order chi connectivity index (χ1) is 14.2. The van der Waals surface area contributed by atoms with Gasteiger partial charge in [-0.1, -0.05) is 12.1 Å². The Hall–Kier alpha value is -2.64. The number of hydrogen-bond donors (Lipinski definition) is 2. The number of benzene rings is 2. The maximum absolute atomic E-state index is 12.6. The third-order valence-corrected chi connectivity index (χ3v) is 6.71. The maximum atomic E-state index is 12.6. The number of amides is 1. The van der Waals surface area contributed by atoms with E-state index >= 15 is 0 Å². The van der Waals surface area contributed by atoms with Crippen molar-refractivity contribution < 1.29 is 19.2 Å². The van der Waals surface area contributed by atoms with Gasteiger partial charge < -0.3 is 19.7 Å². The number of nitrogens with one attached hydrogen (secondary N) is 2. The molecule has 0 spiro atoms. The van der Waals surface area contributed by atoms with Crippen molar-refractivity contribution in [1.82, 2.24) is 4.98 Å². The molecule has 2 aromatic carbocycles. The molecule has 2 aliphatic heterocycles. The van der Waals surface area contributed by atoms with Crippen LogP contribution in [0.4, 0.5) is 5.69 Å². The first-order valence-corrected chi connectivity index (χ1v) is 10.9. The molecule has 1 unspecified atom stereocenters. The molecule has 150 valence electrons. The zero-order chi connectivity index (χ0) is 19.6. The number of anilines is 1. The summed E-state index contributed by atoms with van der Waals surface area (Å²) in [6.07, 6.45) is 2.26. The van der Waals surface area contributed by atoms with E-state index in [9.17, 15) is 4.79 Å². The number of rotatable bonds is 4. The minimum absolute atomic E-state index is 0.0293. The Balaban J connectivity index is 1.21. The Morgan fingerprint density at radius 3 is 2.93 bits per heavy atom. The fraction of sp³-hybridized carbons (Fsp3) is 0.364. The molecule has 6 nitrogen and oxygen atoms in total. The molecule has 2 N–H and O–H groups in total. The number of ether oxygens (including phenoxy) is 2. The predicted octanol–water partition coefficient (Wildman–Crippen LogP) is 2.47. The molecule has 1 fully saturated rings. The number of aromatic nitrogens is 1. The van der Waals surface area contributed by atoms with Crippen molar-refractivity contribution in [3.05, 3.63) is 47.5 Å². The van der Waals surface area contributed by atoms with Gasteiger partial charge >= 0.3 is 0 Å². The van der Waals surface area contributed by atoms with E-state index in [1.165, 1.54) is 14.6 Å². The zero-order valence-electron chi connectivity index (χ0n) is 16.1. The lowest BCUT2D eigenvalue weighted by Crippen LogP contribution is -3.14. The summed E-state index contributed by atoms with van der Waals surface area (Å²) < 4.78 is 12.4. The van der Waals surface area contributed by atoms with Crippen LogP contribution in [-0.2, 0) is 4.79 Å². The van der Waals surface area contributed by atoms with Crippen LogP contribution in [0.2, 0.25) is 0 Å². The van der Waals surface area contributed by atoms with Gasteiger partial charge in [-0.05, 0) is 37.1 Å². The highest BCUT2D eigenvalue weighted by molar-refractivity contribution is 7.18. The number of carbonyl (C=O) groups is 1. The number of nitrogens with zero attached hydrogens (tertiary/aromatic N) is 1. The summed E-state index contributed by atoms with van der Waals surface area (Å²) in [4.78, 5) is 18.8. The second-order valence-electron chi connectivity index (χ2n) is 7.65. The Labute approximate surface area is 173 Å². The van der Waals surface area contributed by atoms with Crippen molar-refractivity contribution in [2.45, 2.75) is 18.8 Å². The fourth-order valence-corrected chi connectivity index (χ4v) is 5.24. The van der Waals surface area contributed by atoms with Crippen molar-refractivity contribution in [1.29, 1.82) is 0 Å². The van der Waals surface area contributed by atoms with Crippen molar-refractivity contribution in [2.24, 2.45) is 0 Å². The average molecular weight is 411 g/mol. The molecule has 1 aromatic heterocycles. The summed E-state index contributed by atoms with van der Waals surface area (Å²) in [5.74, 6) is 1.88. The van der Waals surface area contributed by atoms with E-state index in [4.69, 9.17) is 14.5 Å². The molecule has 2 atom stereocenters. The molecular weight excluding hydrogens is 386 g/mol. The van der Waals surface area contributed by atoms with E-state index in [0.29, 0.717) is 31.4 Å². The predicted molar refractivity (Wildman–Crippen MR) is 113 cm³/mol. The van der Waals surface area contributed by atoms with Gasteiger partial charge in [0.1, 0.15) is 18.2 Å². The normalized spacial score (nSPS) is 21.1. The molecule has 0 saturated carbocycles. The van der Waals surface area contributed by atoms with Crippen LogP contribution in [0.3, 0.4) is 0 Å². The average Bonchev–Trinajstić information content (AvgIpc) is 3.18. The van der Waals surface area contributed by atoms with Gasteiger partial charge in [-0.3, -0.25) is 4.79 Å². The lowest BCUT2D eigenvalue weighted by atomic mass is 9.99. The molecular formula is C22H24N3O3S+. The highest BCUT2D eigenvalue weighted by Gasteiger charge is 2.28. The molecule has 7 heteroatoms. The van der Waals surface area contributed by atoms with Crippen molar-refractivity contribution in [2.75, 3.05) is 38.2 Å². The molecule has 1 amide bonds. The van der Waals surface area contributed by atoms with Crippen LogP contribution in [0.25, 0.3) is 10.2 Å². The van der Waals surface area contributed by atoms with Crippen molar-refractivity contribution >= 4 is 33.1 Å². The minimum atomic E-state index is 0.0293. The van der Waals surface area contributed by atoms with Gasteiger partial charge in [-0.25, -0.2) is 4.98 Å². The minimum Gasteiger partial charge on any atom is -0.486 e. The Bertz CT molecular complexity index is 1000. The number of fused-ring (bicyclic) bond motifs is 2. The maximum Gasteiger partial charge on any atom is 0.279 e. The number of hydrogen-bond acceptors (Lipinski definition) is 5. The lowest BCUT2D eigenvalue weighted by molar-refractivity contribution is -0.898. The Morgan fingerprint density at radius 1 is 1.17 bits per heavy atom. The second kappa shape index (κ2) is 8.00. The van der Waals surface area contributed by atoms with Crippen LogP contribution in [0.5, 0.6) is 11.5 Å². The fourth-order valence-electron chi connectivity index (χ4n) is 4.14. The van der Waals surface area contributed by atoms with Gasteiger partial charge in [0.25, 0.3) is 5.91 Å². The van der Waals surface area contributed by atoms with Gasteiger partial charge in [-0.15, -0.1) is 11.3 Å². The molecule has 29 heavy (non-hydrogen) atoms. The molecule has 3 aromatic rings. The Kier molecular flexibility index (Phi) is 5.08. The van der Waals surface area contributed by atoms with Gasteiger partial charge in [-0.2, -0.15) is 0 Å². The van der Waals surface area contributed by atoms with E-state index in [2.05, 4.69) is 23.5 Å².